The number of nitrogens with zero attached hydrogens (tertiary/aromatic N) is 3. The zero-order valence-electron chi connectivity index (χ0n) is 9.02. The first-order valence-corrected chi connectivity index (χ1v) is 5.29. The lowest BCUT2D eigenvalue weighted by atomic mass is 10.2. The lowest BCUT2D eigenvalue weighted by molar-refractivity contribution is 0.312. The van der Waals surface area contributed by atoms with Gasteiger partial charge in [-0.05, 0) is 42.5 Å². The SMILES string of the molecule is Cc1cc(NN2C=NCN(Cl)C2)ccc1N. The highest BCUT2D eigenvalue weighted by Gasteiger charge is 2.10. The molecule has 1 heterocycles. The summed E-state index contributed by atoms with van der Waals surface area (Å²) in [5.74, 6) is 0. The molecule has 0 saturated carbocycles. The van der Waals surface area contributed by atoms with Crippen LogP contribution < -0.4 is 11.2 Å². The van der Waals surface area contributed by atoms with Gasteiger partial charge in [0.15, 0.2) is 0 Å². The Bertz CT molecular complexity index is 406. The van der Waals surface area contributed by atoms with Gasteiger partial charge in [0.05, 0.1) is 5.69 Å². The van der Waals surface area contributed by atoms with Crippen molar-refractivity contribution in [1.29, 1.82) is 0 Å². The Balaban J connectivity index is 2.06. The number of aliphatic imine (C=N–C) groups is 1. The van der Waals surface area contributed by atoms with E-state index in [1.54, 1.807) is 10.8 Å². The molecule has 0 fully saturated rings. The molecule has 0 unspecified atom stereocenters. The van der Waals surface area contributed by atoms with Crippen molar-refractivity contribution in [1.82, 2.24) is 9.43 Å². The Kier molecular flexibility index (Phi) is 3.17. The molecule has 1 aromatic carbocycles. The second-order valence-corrected chi connectivity index (χ2v) is 4.17. The second kappa shape index (κ2) is 4.59. The van der Waals surface area contributed by atoms with Gasteiger partial charge < -0.3 is 5.73 Å². The van der Waals surface area contributed by atoms with Crippen LogP contribution in [0.25, 0.3) is 0 Å². The average molecular weight is 240 g/mol. The van der Waals surface area contributed by atoms with Crippen molar-refractivity contribution in [3.63, 3.8) is 0 Å². The Morgan fingerprint density at radius 3 is 3.00 bits per heavy atom. The fourth-order valence-electron chi connectivity index (χ4n) is 1.45. The summed E-state index contributed by atoms with van der Waals surface area (Å²) in [6.45, 7) is 3.06. The van der Waals surface area contributed by atoms with Crippen LogP contribution in [0.15, 0.2) is 23.2 Å². The Labute approximate surface area is 99.6 Å². The van der Waals surface area contributed by atoms with E-state index >= 15 is 0 Å². The van der Waals surface area contributed by atoms with Crippen LogP contribution in [0, 0.1) is 6.92 Å². The number of hydrogen-bond donors (Lipinski definition) is 2. The molecule has 0 atom stereocenters. The van der Waals surface area contributed by atoms with Gasteiger partial charge in [-0.25, -0.2) is 0 Å². The predicted molar refractivity (Wildman–Crippen MR) is 67.0 cm³/mol. The van der Waals surface area contributed by atoms with Crippen LogP contribution in [0.3, 0.4) is 0 Å². The van der Waals surface area contributed by atoms with Gasteiger partial charge in [-0.1, -0.05) is 0 Å². The third-order valence-corrected chi connectivity index (χ3v) is 2.52. The van der Waals surface area contributed by atoms with Crippen LogP contribution in [0.4, 0.5) is 11.4 Å². The number of aryl methyl sites for hydroxylation is 1. The molecule has 0 bridgehead atoms. The highest BCUT2D eigenvalue weighted by molar-refractivity contribution is 6.13. The number of halogens is 1. The summed E-state index contributed by atoms with van der Waals surface area (Å²) in [6.07, 6.45) is 1.73. The third-order valence-electron chi connectivity index (χ3n) is 2.30. The number of hydrogen-bond acceptors (Lipinski definition) is 5. The molecule has 2 rings (SSSR count). The van der Waals surface area contributed by atoms with Crippen LogP contribution in [0.5, 0.6) is 0 Å². The first kappa shape index (κ1) is 11.0. The number of anilines is 2. The maximum atomic E-state index is 5.85. The maximum absolute atomic E-state index is 5.85. The van der Waals surface area contributed by atoms with Gasteiger partial charge >= 0.3 is 0 Å². The summed E-state index contributed by atoms with van der Waals surface area (Å²) >= 11 is 5.85. The van der Waals surface area contributed by atoms with E-state index in [-0.39, 0.29) is 0 Å². The maximum Gasteiger partial charge on any atom is 0.109 e. The number of rotatable bonds is 2. The molecular formula is C10H14ClN5. The number of hydrazine groups is 1. The van der Waals surface area contributed by atoms with Gasteiger partial charge in [-0.15, -0.1) is 0 Å². The second-order valence-electron chi connectivity index (χ2n) is 3.70. The largest absolute Gasteiger partial charge is 0.399 e. The predicted octanol–water partition coefficient (Wildman–Crippen LogP) is 1.62. The lowest BCUT2D eigenvalue weighted by Gasteiger charge is -2.28. The van der Waals surface area contributed by atoms with E-state index in [0.717, 1.165) is 16.9 Å². The third kappa shape index (κ3) is 2.56. The van der Waals surface area contributed by atoms with Crippen molar-refractivity contribution in [3.8, 4) is 0 Å². The summed E-state index contributed by atoms with van der Waals surface area (Å²) in [5.41, 5.74) is 11.7. The molecule has 0 aromatic heterocycles. The lowest BCUT2D eigenvalue weighted by Crippen LogP contribution is -2.40. The Morgan fingerprint density at radius 2 is 2.31 bits per heavy atom. The molecule has 0 radical (unpaired) electrons. The van der Waals surface area contributed by atoms with Crippen LogP contribution >= 0.6 is 11.8 Å². The monoisotopic (exact) mass is 239 g/mol. The van der Waals surface area contributed by atoms with Crippen molar-refractivity contribution in [3.05, 3.63) is 23.8 Å². The van der Waals surface area contributed by atoms with E-state index in [1.165, 1.54) is 0 Å². The molecule has 5 nitrogen and oxygen atoms in total. The van der Waals surface area contributed by atoms with Gasteiger partial charge in [0.2, 0.25) is 0 Å². The highest BCUT2D eigenvalue weighted by atomic mass is 35.5. The normalized spacial score (nSPS) is 16.5. The minimum absolute atomic E-state index is 0.514. The van der Waals surface area contributed by atoms with Crippen molar-refractivity contribution in [2.45, 2.75) is 6.92 Å². The number of nitrogens with one attached hydrogen (secondary N) is 1. The van der Waals surface area contributed by atoms with Crippen LogP contribution in [-0.4, -0.2) is 29.1 Å². The zero-order valence-corrected chi connectivity index (χ0v) is 9.78. The molecule has 0 saturated heterocycles. The van der Waals surface area contributed by atoms with Crippen molar-refractivity contribution in [2.75, 3.05) is 24.5 Å². The topological polar surface area (TPSA) is 56.9 Å². The standard InChI is InChI=1S/C10H14ClN5/c1-8-4-9(2-3-10(8)12)14-16-6-13-5-15(11)7-16/h2-4,6,14H,5,7,12H2,1H3. The molecular weight excluding hydrogens is 226 g/mol. The number of benzene rings is 1. The van der Waals surface area contributed by atoms with Crippen LogP contribution in [0.1, 0.15) is 5.56 Å². The van der Waals surface area contributed by atoms with Gasteiger partial charge in [0.1, 0.15) is 19.7 Å². The quantitative estimate of drug-likeness (QED) is 0.608. The van der Waals surface area contributed by atoms with Gasteiger partial charge in [0, 0.05) is 5.69 Å². The molecule has 0 aliphatic carbocycles. The fourth-order valence-corrected chi connectivity index (χ4v) is 1.62. The van der Waals surface area contributed by atoms with Gasteiger partial charge in [-0.2, -0.15) is 4.42 Å². The molecule has 86 valence electrons. The summed E-state index contributed by atoms with van der Waals surface area (Å²) in [4.78, 5) is 4.08. The summed E-state index contributed by atoms with van der Waals surface area (Å²) < 4.78 is 1.58. The molecule has 0 spiro atoms. The van der Waals surface area contributed by atoms with E-state index in [2.05, 4.69) is 10.4 Å². The number of nitrogen functional groups attached to an aromatic ring is 1. The van der Waals surface area contributed by atoms with Crippen LogP contribution in [-0.2, 0) is 0 Å². The summed E-state index contributed by atoms with van der Waals surface area (Å²) in [5, 5.41) is 1.81. The Hall–Kier alpha value is -1.46. The van der Waals surface area contributed by atoms with Crippen molar-refractivity contribution < 1.29 is 0 Å². The smallest absolute Gasteiger partial charge is 0.109 e. The first-order chi connectivity index (χ1) is 7.65. The van der Waals surface area contributed by atoms with E-state index in [4.69, 9.17) is 17.5 Å². The number of nitrogens with two attached hydrogens (primary N) is 1. The van der Waals surface area contributed by atoms with Crippen molar-refractivity contribution >= 4 is 29.5 Å². The molecule has 1 aliphatic heterocycles. The van der Waals surface area contributed by atoms with Gasteiger partial charge in [-0.3, -0.25) is 15.4 Å². The molecule has 16 heavy (non-hydrogen) atoms. The molecule has 0 amide bonds. The Morgan fingerprint density at radius 1 is 1.50 bits per heavy atom. The fraction of sp³-hybridized carbons (Fsp3) is 0.300. The molecule has 6 heteroatoms. The highest BCUT2D eigenvalue weighted by Crippen LogP contribution is 2.17. The minimum Gasteiger partial charge on any atom is -0.399 e. The van der Waals surface area contributed by atoms with Crippen LogP contribution in [0.2, 0.25) is 0 Å². The minimum atomic E-state index is 0.514. The van der Waals surface area contributed by atoms with E-state index in [9.17, 15) is 0 Å². The van der Waals surface area contributed by atoms with Gasteiger partial charge in [0.25, 0.3) is 0 Å². The molecule has 1 aliphatic rings. The van der Waals surface area contributed by atoms with Crippen molar-refractivity contribution in [2.24, 2.45) is 4.99 Å². The summed E-state index contributed by atoms with van der Waals surface area (Å²) in [6, 6.07) is 5.77. The molecule has 3 N–H and O–H groups in total. The zero-order chi connectivity index (χ0) is 11.5. The average Bonchev–Trinajstić information content (AvgIpc) is 2.24. The van der Waals surface area contributed by atoms with E-state index in [0.29, 0.717) is 13.3 Å². The molecule has 1 aromatic rings. The van der Waals surface area contributed by atoms with E-state index in [1.807, 2.05) is 30.1 Å². The van der Waals surface area contributed by atoms with E-state index < -0.39 is 0 Å². The summed E-state index contributed by atoms with van der Waals surface area (Å²) in [7, 11) is 0. The first-order valence-electron chi connectivity index (χ1n) is 4.95.